The summed E-state index contributed by atoms with van der Waals surface area (Å²) in [5.41, 5.74) is 7.28. The highest BCUT2D eigenvalue weighted by Gasteiger charge is 2.15. The maximum absolute atomic E-state index is 9.24. The number of hydrogen-bond donors (Lipinski definition) is 2. The highest BCUT2D eigenvalue weighted by Crippen LogP contribution is 2.24. The summed E-state index contributed by atoms with van der Waals surface area (Å²) in [7, 11) is 0. The fourth-order valence-corrected chi connectivity index (χ4v) is 1.88. The average molecular weight is 269 g/mol. The maximum Gasteiger partial charge on any atom is 0.172 e. The van der Waals surface area contributed by atoms with Crippen molar-refractivity contribution in [3.63, 3.8) is 0 Å². The highest BCUT2D eigenvalue weighted by molar-refractivity contribution is 5.69. The molecule has 0 saturated heterocycles. The van der Waals surface area contributed by atoms with Gasteiger partial charge in [0.25, 0.3) is 0 Å². The van der Waals surface area contributed by atoms with Crippen molar-refractivity contribution < 1.29 is 0 Å². The number of anilines is 3. The van der Waals surface area contributed by atoms with Crippen LogP contribution in [0.1, 0.15) is 25.8 Å². The van der Waals surface area contributed by atoms with Gasteiger partial charge in [0.1, 0.15) is 17.5 Å². The predicted molar refractivity (Wildman–Crippen MR) is 80.5 cm³/mol. The van der Waals surface area contributed by atoms with Crippen molar-refractivity contribution in [1.82, 2.24) is 9.78 Å². The lowest BCUT2D eigenvalue weighted by molar-refractivity contribution is 0.492. The topological polar surface area (TPSA) is 79.7 Å². The number of aromatic nitrogens is 2. The summed E-state index contributed by atoms with van der Waals surface area (Å²) in [4.78, 5) is 0. The standard InChI is InChI=1S/C15H19N5/c1-11(2)8-9-20-14(17)13(10-16)15(19-20)18-12-6-4-3-5-7-12/h3-7,11H,8-9,17H2,1-2H3,(H,18,19). The molecular weight excluding hydrogens is 250 g/mol. The largest absolute Gasteiger partial charge is 0.383 e. The van der Waals surface area contributed by atoms with E-state index in [-0.39, 0.29) is 0 Å². The third-order valence-corrected chi connectivity index (χ3v) is 3.06. The molecule has 0 amide bonds. The Morgan fingerprint density at radius 3 is 2.65 bits per heavy atom. The number of rotatable bonds is 5. The summed E-state index contributed by atoms with van der Waals surface area (Å²) in [6, 6.07) is 11.7. The number of nitriles is 1. The van der Waals surface area contributed by atoms with E-state index >= 15 is 0 Å². The molecule has 3 N–H and O–H groups in total. The van der Waals surface area contributed by atoms with Crippen LogP contribution in [0, 0.1) is 17.2 Å². The Hall–Kier alpha value is -2.48. The van der Waals surface area contributed by atoms with Gasteiger partial charge in [0, 0.05) is 12.2 Å². The molecule has 2 rings (SSSR count). The Bertz CT molecular complexity index is 607. The second kappa shape index (κ2) is 6.11. The van der Waals surface area contributed by atoms with Gasteiger partial charge < -0.3 is 11.1 Å². The van der Waals surface area contributed by atoms with Crippen molar-refractivity contribution in [2.75, 3.05) is 11.1 Å². The molecule has 0 spiro atoms. The fraction of sp³-hybridized carbons (Fsp3) is 0.333. The molecule has 1 aromatic carbocycles. The van der Waals surface area contributed by atoms with Crippen molar-refractivity contribution in [2.45, 2.75) is 26.8 Å². The summed E-state index contributed by atoms with van der Waals surface area (Å²) < 4.78 is 1.70. The molecule has 5 nitrogen and oxygen atoms in total. The summed E-state index contributed by atoms with van der Waals surface area (Å²) in [5.74, 6) is 1.50. The van der Waals surface area contributed by atoms with Crippen molar-refractivity contribution in [1.29, 1.82) is 5.26 Å². The molecule has 0 saturated carbocycles. The minimum absolute atomic E-state index is 0.401. The first kappa shape index (κ1) is 13.9. The zero-order chi connectivity index (χ0) is 14.5. The molecule has 104 valence electrons. The Labute approximate surface area is 119 Å². The highest BCUT2D eigenvalue weighted by atomic mass is 15.3. The number of aryl methyl sites for hydroxylation is 1. The number of nitrogens with two attached hydrogens (primary N) is 1. The smallest absolute Gasteiger partial charge is 0.172 e. The summed E-state index contributed by atoms with van der Waals surface area (Å²) in [6.07, 6.45) is 0.974. The molecule has 0 atom stereocenters. The second-order valence-corrected chi connectivity index (χ2v) is 5.12. The van der Waals surface area contributed by atoms with E-state index in [0.29, 0.717) is 29.7 Å². The molecule has 0 aliphatic rings. The number of para-hydroxylation sites is 1. The normalized spacial score (nSPS) is 10.5. The molecular formula is C15H19N5. The molecule has 0 bridgehead atoms. The van der Waals surface area contributed by atoms with Crippen LogP contribution in [0.3, 0.4) is 0 Å². The summed E-state index contributed by atoms with van der Waals surface area (Å²) in [5, 5.41) is 16.8. The lowest BCUT2D eigenvalue weighted by Crippen LogP contribution is -2.07. The van der Waals surface area contributed by atoms with E-state index in [0.717, 1.165) is 12.1 Å². The first-order valence-electron chi connectivity index (χ1n) is 6.70. The molecule has 0 unspecified atom stereocenters. The van der Waals surface area contributed by atoms with E-state index < -0.39 is 0 Å². The van der Waals surface area contributed by atoms with E-state index in [9.17, 15) is 5.26 Å². The first-order valence-corrected chi connectivity index (χ1v) is 6.70. The Balaban J connectivity index is 2.25. The van der Waals surface area contributed by atoms with E-state index in [2.05, 4.69) is 30.3 Å². The van der Waals surface area contributed by atoms with Crippen LogP contribution in [0.2, 0.25) is 0 Å². The van der Waals surface area contributed by atoms with Gasteiger partial charge in [0.2, 0.25) is 0 Å². The van der Waals surface area contributed by atoms with Crippen molar-refractivity contribution in [2.24, 2.45) is 5.92 Å². The summed E-state index contributed by atoms with van der Waals surface area (Å²) >= 11 is 0. The molecule has 1 heterocycles. The number of nitrogens with zero attached hydrogens (tertiary/aromatic N) is 3. The van der Waals surface area contributed by atoms with Crippen molar-refractivity contribution in [3.05, 3.63) is 35.9 Å². The van der Waals surface area contributed by atoms with E-state index in [1.807, 2.05) is 30.3 Å². The van der Waals surface area contributed by atoms with Gasteiger partial charge in [0.15, 0.2) is 5.82 Å². The van der Waals surface area contributed by atoms with Gasteiger partial charge in [-0.25, -0.2) is 4.68 Å². The predicted octanol–water partition coefficient (Wildman–Crippen LogP) is 3.13. The first-order chi connectivity index (χ1) is 9.61. The minimum atomic E-state index is 0.401. The SMILES string of the molecule is CC(C)CCn1nc(Nc2ccccc2)c(C#N)c1N. The van der Waals surface area contributed by atoms with Gasteiger partial charge in [-0.05, 0) is 24.5 Å². The monoisotopic (exact) mass is 269 g/mol. The van der Waals surface area contributed by atoms with Crippen LogP contribution < -0.4 is 11.1 Å². The maximum atomic E-state index is 9.24. The Morgan fingerprint density at radius 1 is 1.35 bits per heavy atom. The van der Waals surface area contributed by atoms with Gasteiger partial charge in [0.05, 0.1) is 0 Å². The van der Waals surface area contributed by atoms with Crippen LogP contribution >= 0.6 is 0 Å². The molecule has 2 aromatic rings. The molecule has 1 aromatic heterocycles. The molecule has 0 aliphatic carbocycles. The number of benzene rings is 1. The van der Waals surface area contributed by atoms with E-state index in [4.69, 9.17) is 5.73 Å². The number of hydrogen-bond acceptors (Lipinski definition) is 4. The van der Waals surface area contributed by atoms with Crippen molar-refractivity contribution in [3.8, 4) is 6.07 Å². The van der Waals surface area contributed by atoms with E-state index in [1.165, 1.54) is 0 Å². The van der Waals surface area contributed by atoms with Crippen LogP contribution in [-0.4, -0.2) is 9.78 Å². The third kappa shape index (κ3) is 3.09. The minimum Gasteiger partial charge on any atom is -0.383 e. The third-order valence-electron chi connectivity index (χ3n) is 3.06. The molecule has 0 fully saturated rings. The molecule has 0 radical (unpaired) electrons. The van der Waals surface area contributed by atoms with Crippen LogP contribution in [0.25, 0.3) is 0 Å². The number of nitrogen functional groups attached to an aromatic ring is 1. The van der Waals surface area contributed by atoms with Crippen molar-refractivity contribution >= 4 is 17.3 Å². The average Bonchev–Trinajstić information content (AvgIpc) is 2.73. The van der Waals surface area contributed by atoms with Gasteiger partial charge in [-0.2, -0.15) is 10.4 Å². The Kier molecular flexibility index (Phi) is 4.26. The van der Waals surface area contributed by atoms with Crippen LogP contribution in [0.4, 0.5) is 17.3 Å². The zero-order valence-corrected chi connectivity index (χ0v) is 11.8. The van der Waals surface area contributed by atoms with Gasteiger partial charge >= 0.3 is 0 Å². The molecule has 5 heteroatoms. The van der Waals surface area contributed by atoms with E-state index in [1.54, 1.807) is 4.68 Å². The van der Waals surface area contributed by atoms with Crippen LogP contribution in [-0.2, 0) is 6.54 Å². The lowest BCUT2D eigenvalue weighted by Gasteiger charge is -2.06. The molecule has 0 aliphatic heterocycles. The lowest BCUT2D eigenvalue weighted by atomic mass is 10.1. The van der Waals surface area contributed by atoms with Crippen LogP contribution in [0.15, 0.2) is 30.3 Å². The fourth-order valence-electron chi connectivity index (χ4n) is 1.88. The second-order valence-electron chi connectivity index (χ2n) is 5.12. The number of nitrogens with one attached hydrogen (secondary N) is 1. The Morgan fingerprint density at radius 2 is 2.05 bits per heavy atom. The zero-order valence-electron chi connectivity index (χ0n) is 11.8. The molecule has 20 heavy (non-hydrogen) atoms. The quantitative estimate of drug-likeness (QED) is 0.874. The van der Waals surface area contributed by atoms with Crippen LogP contribution in [0.5, 0.6) is 0 Å². The van der Waals surface area contributed by atoms with Gasteiger partial charge in [-0.3, -0.25) is 0 Å². The van der Waals surface area contributed by atoms with Gasteiger partial charge in [-0.15, -0.1) is 0 Å². The summed E-state index contributed by atoms with van der Waals surface area (Å²) in [6.45, 7) is 5.01. The van der Waals surface area contributed by atoms with Gasteiger partial charge in [-0.1, -0.05) is 32.0 Å².